The van der Waals surface area contributed by atoms with Gasteiger partial charge in [0, 0.05) is 18.4 Å². The van der Waals surface area contributed by atoms with Crippen LogP contribution >= 0.6 is 0 Å². The Balaban J connectivity index is 1.77. The minimum Gasteiger partial charge on any atom is -0.449 e. The van der Waals surface area contributed by atoms with E-state index in [9.17, 15) is 14.4 Å². The molecule has 3 amide bonds. The molecule has 0 aromatic carbocycles. The zero-order valence-electron chi connectivity index (χ0n) is 13.1. The molecule has 2 N–H and O–H groups in total. The van der Waals surface area contributed by atoms with Crippen molar-refractivity contribution in [1.29, 1.82) is 0 Å². The van der Waals surface area contributed by atoms with Gasteiger partial charge in [0.2, 0.25) is 0 Å². The number of hydrogen-bond donors (Lipinski definition) is 2. The number of urea groups is 1. The van der Waals surface area contributed by atoms with Gasteiger partial charge in [0.05, 0.1) is 5.56 Å². The highest BCUT2D eigenvalue weighted by Crippen LogP contribution is 2.17. The minimum absolute atomic E-state index is 0.103. The zero-order chi connectivity index (χ0) is 16.7. The Kier molecular flexibility index (Phi) is 6.08. The van der Waals surface area contributed by atoms with Crippen LogP contribution in [0.3, 0.4) is 0 Å². The van der Waals surface area contributed by atoms with E-state index < -0.39 is 24.0 Å². The van der Waals surface area contributed by atoms with E-state index in [0.29, 0.717) is 5.56 Å². The smallest absolute Gasteiger partial charge is 0.339 e. The van der Waals surface area contributed by atoms with E-state index in [4.69, 9.17) is 4.74 Å². The van der Waals surface area contributed by atoms with E-state index >= 15 is 0 Å². The van der Waals surface area contributed by atoms with Crippen LogP contribution in [-0.4, -0.2) is 35.0 Å². The summed E-state index contributed by atoms with van der Waals surface area (Å²) in [7, 11) is 0. The summed E-state index contributed by atoms with van der Waals surface area (Å²) < 4.78 is 5.03. The van der Waals surface area contributed by atoms with Gasteiger partial charge < -0.3 is 10.1 Å². The summed E-state index contributed by atoms with van der Waals surface area (Å²) in [5.74, 6) is -1.29. The van der Waals surface area contributed by atoms with Crippen molar-refractivity contribution < 1.29 is 19.1 Å². The lowest BCUT2D eigenvalue weighted by molar-refractivity contribution is -0.127. The van der Waals surface area contributed by atoms with Crippen molar-refractivity contribution in [1.82, 2.24) is 15.6 Å². The molecule has 2 rings (SSSR count). The van der Waals surface area contributed by atoms with Crippen LogP contribution in [-0.2, 0) is 9.53 Å². The minimum atomic E-state index is -1.06. The van der Waals surface area contributed by atoms with Crippen LogP contribution in [0.4, 0.5) is 4.79 Å². The van der Waals surface area contributed by atoms with Gasteiger partial charge >= 0.3 is 12.0 Å². The highest BCUT2D eigenvalue weighted by molar-refractivity contribution is 5.98. The largest absolute Gasteiger partial charge is 0.449 e. The van der Waals surface area contributed by atoms with Crippen LogP contribution in [0.1, 0.15) is 49.4 Å². The predicted octanol–water partition coefficient (Wildman–Crippen LogP) is 1.79. The number of carbonyl (C=O) groups excluding carboxylic acids is 3. The van der Waals surface area contributed by atoms with Crippen molar-refractivity contribution >= 4 is 17.9 Å². The maximum Gasteiger partial charge on any atom is 0.339 e. The number of pyridine rings is 1. The summed E-state index contributed by atoms with van der Waals surface area (Å²) in [5, 5.41) is 4.98. The maximum absolute atomic E-state index is 11.9. The summed E-state index contributed by atoms with van der Waals surface area (Å²) in [6.07, 6.45) is 7.05. The third kappa shape index (κ3) is 5.36. The Morgan fingerprint density at radius 3 is 2.48 bits per heavy atom. The molecule has 1 saturated carbocycles. The predicted molar refractivity (Wildman–Crippen MR) is 82.7 cm³/mol. The van der Waals surface area contributed by atoms with Crippen molar-refractivity contribution in [3.05, 3.63) is 30.1 Å². The van der Waals surface area contributed by atoms with E-state index in [2.05, 4.69) is 15.6 Å². The lowest BCUT2D eigenvalue weighted by Crippen LogP contribution is -2.48. The number of amides is 3. The Morgan fingerprint density at radius 1 is 1.17 bits per heavy atom. The SMILES string of the molecule is C[C@@H](OC(=O)c1ccncc1)C(=O)NC(=O)NC1CCCCC1. The quantitative estimate of drug-likeness (QED) is 0.825. The first-order valence-corrected chi connectivity index (χ1v) is 7.78. The maximum atomic E-state index is 11.9. The standard InChI is InChI=1S/C16H21N3O4/c1-11(23-15(21)12-7-9-17-10-8-12)14(20)19-16(22)18-13-5-3-2-4-6-13/h7-11,13H,2-6H2,1H3,(H2,18,19,20,22)/t11-/m1/s1. The van der Waals surface area contributed by atoms with E-state index in [1.54, 1.807) is 0 Å². The first-order chi connectivity index (χ1) is 11.1. The average Bonchev–Trinajstić information content (AvgIpc) is 2.56. The second-order valence-corrected chi connectivity index (χ2v) is 5.58. The molecule has 0 saturated heterocycles. The molecule has 1 aromatic heterocycles. The third-order valence-electron chi connectivity index (χ3n) is 3.75. The zero-order valence-corrected chi connectivity index (χ0v) is 13.1. The van der Waals surface area contributed by atoms with Crippen LogP contribution in [0.25, 0.3) is 0 Å². The number of nitrogens with one attached hydrogen (secondary N) is 2. The monoisotopic (exact) mass is 319 g/mol. The lowest BCUT2D eigenvalue weighted by Gasteiger charge is -2.23. The molecule has 1 aliphatic carbocycles. The Hall–Kier alpha value is -2.44. The molecule has 1 fully saturated rings. The normalized spacial score (nSPS) is 16.2. The van der Waals surface area contributed by atoms with Gasteiger partial charge in [0.15, 0.2) is 6.10 Å². The van der Waals surface area contributed by atoms with Gasteiger partial charge in [0.25, 0.3) is 5.91 Å². The van der Waals surface area contributed by atoms with Crippen molar-refractivity contribution in [2.24, 2.45) is 0 Å². The Morgan fingerprint density at radius 2 is 1.83 bits per heavy atom. The molecule has 7 heteroatoms. The van der Waals surface area contributed by atoms with Gasteiger partial charge in [-0.25, -0.2) is 9.59 Å². The van der Waals surface area contributed by atoms with E-state index in [-0.39, 0.29) is 6.04 Å². The molecule has 7 nitrogen and oxygen atoms in total. The highest BCUT2D eigenvalue weighted by Gasteiger charge is 2.22. The molecule has 0 spiro atoms. The van der Waals surface area contributed by atoms with Crippen LogP contribution in [0, 0.1) is 0 Å². The van der Waals surface area contributed by atoms with Crippen molar-refractivity contribution in [3.63, 3.8) is 0 Å². The van der Waals surface area contributed by atoms with Crippen molar-refractivity contribution in [3.8, 4) is 0 Å². The second kappa shape index (κ2) is 8.26. The van der Waals surface area contributed by atoms with Gasteiger partial charge in [-0.2, -0.15) is 0 Å². The van der Waals surface area contributed by atoms with Gasteiger partial charge in [0.1, 0.15) is 0 Å². The van der Waals surface area contributed by atoms with Crippen molar-refractivity contribution in [2.75, 3.05) is 0 Å². The number of rotatable bonds is 4. The van der Waals surface area contributed by atoms with Gasteiger partial charge in [-0.3, -0.25) is 15.1 Å². The van der Waals surface area contributed by atoms with Gasteiger partial charge in [-0.15, -0.1) is 0 Å². The summed E-state index contributed by atoms with van der Waals surface area (Å²) >= 11 is 0. The molecular formula is C16H21N3O4. The topological polar surface area (TPSA) is 97.4 Å². The van der Waals surface area contributed by atoms with E-state index in [1.165, 1.54) is 37.9 Å². The molecule has 1 aliphatic rings. The number of esters is 1. The Bertz CT molecular complexity index is 556. The number of hydrogen-bond acceptors (Lipinski definition) is 5. The first-order valence-electron chi connectivity index (χ1n) is 7.78. The molecule has 0 unspecified atom stereocenters. The lowest BCUT2D eigenvalue weighted by atomic mass is 9.96. The summed E-state index contributed by atoms with van der Waals surface area (Å²) in [6, 6.07) is 2.53. The molecule has 1 heterocycles. The molecule has 1 atom stereocenters. The molecule has 0 bridgehead atoms. The number of ether oxygens (including phenoxy) is 1. The summed E-state index contributed by atoms with van der Waals surface area (Å²) in [6.45, 7) is 1.42. The fraction of sp³-hybridized carbons (Fsp3) is 0.500. The summed E-state index contributed by atoms with van der Waals surface area (Å²) in [5.41, 5.74) is 0.298. The van der Waals surface area contributed by atoms with Crippen LogP contribution in [0.5, 0.6) is 0 Å². The van der Waals surface area contributed by atoms with Crippen LogP contribution in [0.15, 0.2) is 24.5 Å². The van der Waals surface area contributed by atoms with Gasteiger partial charge in [-0.05, 0) is 31.9 Å². The van der Waals surface area contributed by atoms with Gasteiger partial charge in [-0.1, -0.05) is 19.3 Å². The van der Waals surface area contributed by atoms with E-state index in [0.717, 1.165) is 25.7 Å². The fourth-order valence-corrected chi connectivity index (χ4v) is 2.45. The molecule has 23 heavy (non-hydrogen) atoms. The number of aromatic nitrogens is 1. The number of nitrogens with zero attached hydrogens (tertiary/aromatic N) is 1. The second-order valence-electron chi connectivity index (χ2n) is 5.58. The number of carbonyl (C=O) groups is 3. The molecule has 0 aliphatic heterocycles. The molecular weight excluding hydrogens is 298 g/mol. The van der Waals surface area contributed by atoms with Crippen LogP contribution in [0.2, 0.25) is 0 Å². The van der Waals surface area contributed by atoms with Crippen LogP contribution < -0.4 is 10.6 Å². The molecule has 1 aromatic rings. The highest BCUT2D eigenvalue weighted by atomic mass is 16.5. The Labute approximate surface area is 134 Å². The average molecular weight is 319 g/mol. The fourth-order valence-electron chi connectivity index (χ4n) is 2.45. The molecule has 124 valence electrons. The summed E-state index contributed by atoms with van der Waals surface area (Å²) in [4.78, 5) is 39.3. The van der Waals surface area contributed by atoms with E-state index in [1.807, 2.05) is 0 Å². The molecule has 0 radical (unpaired) electrons. The first kappa shape index (κ1) is 16.9. The van der Waals surface area contributed by atoms with Crippen molar-refractivity contribution in [2.45, 2.75) is 51.2 Å². The third-order valence-corrected chi connectivity index (χ3v) is 3.75. The number of imide groups is 1.